The van der Waals surface area contributed by atoms with Gasteiger partial charge in [0.1, 0.15) is 11.6 Å². The third-order valence-electron chi connectivity index (χ3n) is 2.57. The number of nitrogens with one attached hydrogen (secondary N) is 1. The standard InChI is InChI=1S/C14H25N3O/c1-5-10-15-12-8-7-9-13(16-12)17(6-2)11-14(3,4)18/h7-9,18H,5-6,10-11H2,1-4H3,(H,15,16). The number of likely N-dealkylation sites (N-methyl/N-ethyl adjacent to an activating group) is 1. The third-order valence-corrected chi connectivity index (χ3v) is 2.57. The molecule has 0 unspecified atom stereocenters. The van der Waals surface area contributed by atoms with Crippen LogP contribution in [0.2, 0.25) is 0 Å². The summed E-state index contributed by atoms with van der Waals surface area (Å²) in [5.41, 5.74) is -0.718. The van der Waals surface area contributed by atoms with Crippen molar-refractivity contribution in [1.29, 1.82) is 0 Å². The van der Waals surface area contributed by atoms with Gasteiger partial charge in [-0.2, -0.15) is 0 Å². The van der Waals surface area contributed by atoms with E-state index in [-0.39, 0.29) is 0 Å². The fourth-order valence-electron chi connectivity index (χ4n) is 1.77. The summed E-state index contributed by atoms with van der Waals surface area (Å²) in [6, 6.07) is 5.94. The second-order valence-corrected chi connectivity index (χ2v) is 5.13. The molecule has 1 aromatic heterocycles. The van der Waals surface area contributed by atoms with E-state index >= 15 is 0 Å². The van der Waals surface area contributed by atoms with E-state index in [1.807, 2.05) is 32.0 Å². The highest BCUT2D eigenvalue weighted by atomic mass is 16.3. The van der Waals surface area contributed by atoms with Crippen molar-refractivity contribution in [2.24, 2.45) is 0 Å². The number of anilines is 2. The van der Waals surface area contributed by atoms with Crippen LogP contribution < -0.4 is 10.2 Å². The minimum atomic E-state index is -0.718. The largest absolute Gasteiger partial charge is 0.389 e. The predicted octanol–water partition coefficient (Wildman–Crippen LogP) is 2.50. The second kappa shape index (κ2) is 6.59. The molecule has 18 heavy (non-hydrogen) atoms. The number of rotatable bonds is 7. The van der Waals surface area contributed by atoms with Gasteiger partial charge in [-0.05, 0) is 39.3 Å². The molecule has 0 aliphatic carbocycles. The van der Waals surface area contributed by atoms with Crippen molar-refractivity contribution in [2.75, 3.05) is 29.9 Å². The molecule has 0 aromatic carbocycles. The Morgan fingerprint density at radius 3 is 2.61 bits per heavy atom. The van der Waals surface area contributed by atoms with E-state index in [0.29, 0.717) is 6.54 Å². The smallest absolute Gasteiger partial charge is 0.131 e. The molecule has 0 bridgehead atoms. The van der Waals surface area contributed by atoms with Crippen molar-refractivity contribution < 1.29 is 5.11 Å². The van der Waals surface area contributed by atoms with E-state index < -0.39 is 5.60 Å². The molecule has 0 radical (unpaired) electrons. The zero-order chi connectivity index (χ0) is 13.6. The molecule has 4 heteroatoms. The number of aromatic nitrogens is 1. The lowest BCUT2D eigenvalue weighted by atomic mass is 10.1. The van der Waals surface area contributed by atoms with Gasteiger partial charge in [-0.3, -0.25) is 0 Å². The number of hydrogen-bond donors (Lipinski definition) is 2. The summed E-state index contributed by atoms with van der Waals surface area (Å²) < 4.78 is 0. The van der Waals surface area contributed by atoms with E-state index in [9.17, 15) is 5.11 Å². The molecular weight excluding hydrogens is 226 g/mol. The van der Waals surface area contributed by atoms with Crippen LogP contribution in [0.5, 0.6) is 0 Å². The molecule has 0 fully saturated rings. The Labute approximate surface area is 110 Å². The SMILES string of the molecule is CCCNc1cccc(N(CC)CC(C)(C)O)n1. The first kappa shape index (κ1) is 14.8. The number of hydrogen-bond acceptors (Lipinski definition) is 4. The minimum Gasteiger partial charge on any atom is -0.389 e. The van der Waals surface area contributed by atoms with Crippen LogP contribution in [0.3, 0.4) is 0 Å². The Morgan fingerprint density at radius 2 is 2.06 bits per heavy atom. The first-order valence-electron chi connectivity index (χ1n) is 6.64. The predicted molar refractivity (Wildman–Crippen MR) is 77.2 cm³/mol. The first-order valence-corrected chi connectivity index (χ1v) is 6.64. The lowest BCUT2D eigenvalue weighted by Gasteiger charge is -2.29. The Bertz CT molecular complexity index is 360. The van der Waals surface area contributed by atoms with Gasteiger partial charge < -0.3 is 15.3 Å². The van der Waals surface area contributed by atoms with Crippen LogP contribution in [-0.2, 0) is 0 Å². The average Bonchev–Trinajstić information content (AvgIpc) is 2.32. The summed E-state index contributed by atoms with van der Waals surface area (Å²) in [4.78, 5) is 6.65. The fourth-order valence-corrected chi connectivity index (χ4v) is 1.77. The lowest BCUT2D eigenvalue weighted by molar-refractivity contribution is 0.0874. The second-order valence-electron chi connectivity index (χ2n) is 5.13. The van der Waals surface area contributed by atoms with Gasteiger partial charge in [0, 0.05) is 19.6 Å². The quantitative estimate of drug-likeness (QED) is 0.781. The van der Waals surface area contributed by atoms with Crippen LogP contribution in [-0.4, -0.2) is 35.3 Å². The molecule has 0 atom stereocenters. The van der Waals surface area contributed by atoms with Gasteiger partial charge in [-0.25, -0.2) is 4.98 Å². The maximum atomic E-state index is 9.91. The van der Waals surface area contributed by atoms with Crippen LogP contribution in [0.1, 0.15) is 34.1 Å². The van der Waals surface area contributed by atoms with Crippen LogP contribution in [0.15, 0.2) is 18.2 Å². The summed E-state index contributed by atoms with van der Waals surface area (Å²) in [5, 5.41) is 13.2. The Hall–Kier alpha value is -1.29. The zero-order valence-corrected chi connectivity index (χ0v) is 11.9. The molecule has 0 aliphatic rings. The highest BCUT2D eigenvalue weighted by molar-refractivity contribution is 5.47. The molecule has 0 amide bonds. The summed E-state index contributed by atoms with van der Waals surface area (Å²) in [6.45, 7) is 10.2. The molecule has 1 rings (SSSR count). The van der Waals surface area contributed by atoms with Gasteiger partial charge >= 0.3 is 0 Å². The van der Waals surface area contributed by atoms with Gasteiger partial charge in [0.15, 0.2) is 0 Å². The van der Waals surface area contributed by atoms with E-state index in [0.717, 1.165) is 31.1 Å². The molecule has 102 valence electrons. The lowest BCUT2D eigenvalue weighted by Crippen LogP contribution is -2.39. The summed E-state index contributed by atoms with van der Waals surface area (Å²) in [6.07, 6.45) is 1.08. The maximum absolute atomic E-state index is 9.91. The van der Waals surface area contributed by atoms with Crippen molar-refractivity contribution >= 4 is 11.6 Å². The molecule has 0 spiro atoms. The minimum absolute atomic E-state index is 0.577. The van der Waals surface area contributed by atoms with Crippen LogP contribution in [0.25, 0.3) is 0 Å². The Morgan fingerprint density at radius 1 is 1.33 bits per heavy atom. The normalized spacial score (nSPS) is 11.4. The Balaban J connectivity index is 2.79. The molecule has 1 heterocycles. The monoisotopic (exact) mass is 251 g/mol. The summed E-state index contributed by atoms with van der Waals surface area (Å²) >= 11 is 0. The van der Waals surface area contributed by atoms with Crippen LogP contribution in [0, 0.1) is 0 Å². The van der Waals surface area contributed by atoms with Crippen molar-refractivity contribution in [3.8, 4) is 0 Å². The maximum Gasteiger partial charge on any atom is 0.131 e. The third kappa shape index (κ3) is 4.92. The Kier molecular flexibility index (Phi) is 5.41. The van der Waals surface area contributed by atoms with Gasteiger partial charge in [-0.15, -0.1) is 0 Å². The van der Waals surface area contributed by atoms with Crippen LogP contribution in [0.4, 0.5) is 11.6 Å². The molecule has 0 aliphatic heterocycles. The molecule has 1 aromatic rings. The van der Waals surface area contributed by atoms with Gasteiger partial charge in [0.2, 0.25) is 0 Å². The number of pyridine rings is 1. The van der Waals surface area contributed by atoms with Crippen molar-refractivity contribution in [3.05, 3.63) is 18.2 Å². The van der Waals surface area contributed by atoms with E-state index in [1.165, 1.54) is 0 Å². The molecule has 4 nitrogen and oxygen atoms in total. The summed E-state index contributed by atoms with van der Waals surface area (Å²) in [5.74, 6) is 1.80. The van der Waals surface area contributed by atoms with Gasteiger partial charge in [0.25, 0.3) is 0 Å². The van der Waals surface area contributed by atoms with E-state index in [1.54, 1.807) is 0 Å². The topological polar surface area (TPSA) is 48.4 Å². The number of nitrogens with zero attached hydrogens (tertiary/aromatic N) is 2. The van der Waals surface area contributed by atoms with Crippen LogP contribution >= 0.6 is 0 Å². The highest BCUT2D eigenvalue weighted by Gasteiger charge is 2.18. The number of aliphatic hydroxyl groups is 1. The van der Waals surface area contributed by atoms with E-state index in [4.69, 9.17) is 0 Å². The van der Waals surface area contributed by atoms with Gasteiger partial charge in [-0.1, -0.05) is 13.0 Å². The molecule has 2 N–H and O–H groups in total. The highest BCUT2D eigenvalue weighted by Crippen LogP contribution is 2.17. The molecule has 0 saturated heterocycles. The van der Waals surface area contributed by atoms with Crippen molar-refractivity contribution in [3.63, 3.8) is 0 Å². The van der Waals surface area contributed by atoms with Crippen molar-refractivity contribution in [1.82, 2.24) is 4.98 Å². The van der Waals surface area contributed by atoms with E-state index in [2.05, 4.69) is 29.0 Å². The average molecular weight is 251 g/mol. The zero-order valence-electron chi connectivity index (χ0n) is 11.9. The van der Waals surface area contributed by atoms with Gasteiger partial charge in [0.05, 0.1) is 5.60 Å². The molecular formula is C14H25N3O. The summed E-state index contributed by atoms with van der Waals surface area (Å²) in [7, 11) is 0. The molecule has 0 saturated carbocycles. The fraction of sp³-hybridized carbons (Fsp3) is 0.643. The first-order chi connectivity index (χ1) is 8.46. The van der Waals surface area contributed by atoms with Crippen molar-refractivity contribution in [2.45, 2.75) is 39.7 Å².